The van der Waals surface area contributed by atoms with Gasteiger partial charge in [0, 0.05) is 34.4 Å². The van der Waals surface area contributed by atoms with Crippen LogP contribution in [0.3, 0.4) is 0 Å². The Morgan fingerprint density at radius 1 is 1.58 bits per heavy atom. The van der Waals surface area contributed by atoms with Gasteiger partial charge in [0.1, 0.15) is 17.6 Å². The molecule has 98 valence electrons. The van der Waals surface area contributed by atoms with Crippen LogP contribution in [-0.2, 0) is 6.42 Å². The molecule has 1 N–H and O–H groups in total. The van der Waals surface area contributed by atoms with E-state index in [1.54, 1.807) is 17.4 Å². The first-order valence-electron chi connectivity index (χ1n) is 5.54. The van der Waals surface area contributed by atoms with Crippen molar-refractivity contribution in [1.29, 1.82) is 5.26 Å². The lowest BCUT2D eigenvalue weighted by molar-refractivity contribution is 0.855. The van der Waals surface area contributed by atoms with Crippen molar-refractivity contribution in [1.82, 2.24) is 9.97 Å². The van der Waals surface area contributed by atoms with Crippen LogP contribution in [0.5, 0.6) is 0 Å². The van der Waals surface area contributed by atoms with Crippen molar-refractivity contribution in [3.63, 3.8) is 0 Å². The van der Waals surface area contributed by atoms with Gasteiger partial charge >= 0.3 is 5.69 Å². The third-order valence-corrected chi connectivity index (χ3v) is 4.32. The predicted molar refractivity (Wildman–Crippen MR) is 78.6 cm³/mol. The number of hydrogen-bond donors (Lipinski definition) is 1. The Hall–Kier alpha value is -1.65. The van der Waals surface area contributed by atoms with E-state index in [2.05, 4.69) is 32.0 Å². The summed E-state index contributed by atoms with van der Waals surface area (Å²) in [6.07, 6.45) is 0.864. The highest BCUT2D eigenvalue weighted by molar-refractivity contribution is 9.10. The molecule has 0 aliphatic rings. The Kier molecular flexibility index (Phi) is 4.35. The number of thiophene rings is 1. The Morgan fingerprint density at radius 2 is 2.37 bits per heavy atom. The van der Waals surface area contributed by atoms with Crippen LogP contribution in [0.1, 0.15) is 10.6 Å². The summed E-state index contributed by atoms with van der Waals surface area (Å²) < 4.78 is 1.08. The van der Waals surface area contributed by atoms with Crippen LogP contribution >= 0.6 is 27.3 Å². The largest absolute Gasteiger partial charge is 0.359 e. The van der Waals surface area contributed by atoms with Crippen molar-refractivity contribution in [2.24, 2.45) is 0 Å². The topological polar surface area (TPSA) is 72.8 Å². The summed E-state index contributed by atoms with van der Waals surface area (Å²) in [4.78, 5) is 20.6. The van der Waals surface area contributed by atoms with E-state index in [1.165, 1.54) is 4.88 Å². The Balaban J connectivity index is 2.07. The van der Waals surface area contributed by atoms with Crippen LogP contribution in [0, 0.1) is 11.3 Å². The highest BCUT2D eigenvalue weighted by Gasteiger charge is 2.07. The standard InChI is InChI=1S/C12H11BrN4OS/c1-17(3-2-10-4-8(13)7-19-10)11-5-9(6-14)15-12(18)16-11/h4-5,7H,2-3H2,1H3,(H,15,16,18). The highest BCUT2D eigenvalue weighted by atomic mass is 79.9. The number of rotatable bonds is 4. The van der Waals surface area contributed by atoms with E-state index in [-0.39, 0.29) is 5.69 Å². The van der Waals surface area contributed by atoms with Crippen LogP contribution in [0.15, 0.2) is 26.8 Å². The van der Waals surface area contributed by atoms with Gasteiger partial charge in [-0.05, 0) is 28.4 Å². The van der Waals surface area contributed by atoms with Crippen LogP contribution in [0.4, 0.5) is 5.82 Å². The number of halogens is 1. The zero-order valence-electron chi connectivity index (χ0n) is 10.2. The molecule has 0 bridgehead atoms. The fourth-order valence-corrected chi connectivity index (χ4v) is 3.02. The molecule has 0 atom stereocenters. The first-order valence-corrected chi connectivity index (χ1v) is 7.21. The lowest BCUT2D eigenvalue weighted by Gasteiger charge is -2.17. The maximum atomic E-state index is 11.3. The number of likely N-dealkylation sites (N-methyl/N-ethyl adjacent to an activating group) is 1. The summed E-state index contributed by atoms with van der Waals surface area (Å²) in [5.74, 6) is 0.510. The maximum Gasteiger partial charge on any atom is 0.347 e. The zero-order chi connectivity index (χ0) is 13.8. The molecule has 5 nitrogen and oxygen atoms in total. The van der Waals surface area contributed by atoms with E-state index in [0.717, 1.165) is 17.4 Å². The van der Waals surface area contributed by atoms with Crippen LogP contribution in [-0.4, -0.2) is 23.6 Å². The minimum Gasteiger partial charge on any atom is -0.359 e. The molecule has 0 aliphatic heterocycles. The van der Waals surface area contributed by atoms with Crippen molar-refractivity contribution >= 4 is 33.1 Å². The van der Waals surface area contributed by atoms with E-state index >= 15 is 0 Å². The second-order valence-corrected chi connectivity index (χ2v) is 5.88. The van der Waals surface area contributed by atoms with Crippen LogP contribution in [0.2, 0.25) is 0 Å². The van der Waals surface area contributed by atoms with E-state index in [9.17, 15) is 4.79 Å². The van der Waals surface area contributed by atoms with E-state index in [0.29, 0.717) is 5.82 Å². The molecular formula is C12H11BrN4OS. The van der Waals surface area contributed by atoms with Gasteiger partial charge in [0.15, 0.2) is 0 Å². The second kappa shape index (κ2) is 5.99. The number of aromatic nitrogens is 2. The lowest BCUT2D eigenvalue weighted by Crippen LogP contribution is -2.25. The highest BCUT2D eigenvalue weighted by Crippen LogP contribution is 2.20. The normalized spacial score (nSPS) is 10.2. The number of nitriles is 1. The van der Waals surface area contributed by atoms with E-state index in [4.69, 9.17) is 5.26 Å². The summed E-state index contributed by atoms with van der Waals surface area (Å²) in [6.45, 7) is 0.730. The van der Waals surface area contributed by atoms with Gasteiger partial charge in [0.2, 0.25) is 0 Å². The number of aromatic amines is 1. The van der Waals surface area contributed by atoms with Crippen molar-refractivity contribution in [2.45, 2.75) is 6.42 Å². The predicted octanol–water partition coefficient (Wildman–Crippen LogP) is 2.14. The zero-order valence-corrected chi connectivity index (χ0v) is 12.6. The third kappa shape index (κ3) is 3.66. The summed E-state index contributed by atoms with van der Waals surface area (Å²) >= 11 is 5.10. The van der Waals surface area contributed by atoms with Crippen LogP contribution in [0.25, 0.3) is 0 Å². The molecule has 0 saturated carbocycles. The Bertz CT molecular complexity index is 673. The fraction of sp³-hybridized carbons (Fsp3) is 0.250. The van der Waals surface area contributed by atoms with Crippen LogP contribution < -0.4 is 10.6 Å². The first-order chi connectivity index (χ1) is 9.08. The summed E-state index contributed by atoms with van der Waals surface area (Å²) in [7, 11) is 1.85. The molecule has 2 rings (SSSR count). The summed E-state index contributed by atoms with van der Waals surface area (Å²) in [6, 6.07) is 5.56. The number of hydrogen-bond acceptors (Lipinski definition) is 5. The van der Waals surface area contributed by atoms with Crippen molar-refractivity contribution < 1.29 is 0 Å². The van der Waals surface area contributed by atoms with Gasteiger partial charge in [-0.1, -0.05) is 0 Å². The molecule has 2 aromatic heterocycles. The Morgan fingerprint density at radius 3 is 3.00 bits per heavy atom. The molecule has 2 aromatic rings. The van der Waals surface area contributed by atoms with Crippen molar-refractivity contribution in [3.8, 4) is 6.07 Å². The molecule has 2 heterocycles. The van der Waals surface area contributed by atoms with Gasteiger partial charge < -0.3 is 4.90 Å². The van der Waals surface area contributed by atoms with Gasteiger partial charge in [-0.25, -0.2) is 4.79 Å². The molecule has 0 amide bonds. The quantitative estimate of drug-likeness (QED) is 0.926. The van der Waals surface area contributed by atoms with Gasteiger partial charge in [0.05, 0.1) is 0 Å². The minimum atomic E-state index is -0.500. The molecule has 0 unspecified atom stereocenters. The first kappa shape index (κ1) is 13.8. The molecule has 0 fully saturated rings. The average molecular weight is 339 g/mol. The average Bonchev–Trinajstić information content (AvgIpc) is 2.81. The third-order valence-electron chi connectivity index (χ3n) is 2.56. The van der Waals surface area contributed by atoms with Gasteiger partial charge in [0.25, 0.3) is 0 Å². The number of H-pyrrole nitrogens is 1. The molecule has 0 spiro atoms. The second-order valence-electron chi connectivity index (χ2n) is 3.97. The van der Waals surface area contributed by atoms with E-state index < -0.39 is 5.69 Å². The van der Waals surface area contributed by atoms with Gasteiger partial charge in [-0.3, -0.25) is 4.98 Å². The van der Waals surface area contributed by atoms with Crippen molar-refractivity contribution in [3.05, 3.63) is 43.0 Å². The van der Waals surface area contributed by atoms with E-state index in [1.807, 2.05) is 23.4 Å². The molecular weight excluding hydrogens is 328 g/mol. The molecule has 0 aromatic carbocycles. The molecule has 0 radical (unpaired) electrons. The maximum absolute atomic E-state index is 11.3. The smallest absolute Gasteiger partial charge is 0.347 e. The number of anilines is 1. The summed E-state index contributed by atoms with van der Waals surface area (Å²) in [5.41, 5.74) is -0.277. The minimum absolute atomic E-state index is 0.223. The van der Waals surface area contributed by atoms with Crippen molar-refractivity contribution in [2.75, 3.05) is 18.5 Å². The molecule has 0 saturated heterocycles. The van der Waals surface area contributed by atoms with Gasteiger partial charge in [-0.2, -0.15) is 10.2 Å². The SMILES string of the molecule is CN(CCc1cc(Br)cs1)c1cc(C#N)[nH]c(=O)n1. The fourth-order valence-electron chi connectivity index (χ4n) is 1.58. The lowest BCUT2D eigenvalue weighted by atomic mass is 10.3. The van der Waals surface area contributed by atoms with Gasteiger partial charge in [-0.15, -0.1) is 11.3 Å². The number of nitrogens with zero attached hydrogens (tertiary/aromatic N) is 3. The Labute approximate surface area is 122 Å². The molecule has 7 heteroatoms. The molecule has 19 heavy (non-hydrogen) atoms. The summed E-state index contributed by atoms with van der Waals surface area (Å²) in [5, 5.41) is 10.8. The number of nitrogens with one attached hydrogen (secondary N) is 1. The monoisotopic (exact) mass is 338 g/mol. The molecule has 0 aliphatic carbocycles.